The van der Waals surface area contributed by atoms with Crippen molar-refractivity contribution in [3.63, 3.8) is 0 Å². The number of hydrogen-bond donors (Lipinski definition) is 1. The van der Waals surface area contributed by atoms with E-state index in [4.69, 9.17) is 0 Å². The Kier molecular flexibility index (Phi) is 6.04. The molecule has 0 saturated carbocycles. The molecule has 1 atom stereocenters. The van der Waals surface area contributed by atoms with E-state index in [-0.39, 0.29) is 0 Å². The molecule has 0 aromatic rings. The van der Waals surface area contributed by atoms with Gasteiger partial charge in [0.1, 0.15) is 0 Å². The van der Waals surface area contributed by atoms with Crippen molar-refractivity contribution in [2.24, 2.45) is 0 Å². The Hall–Kier alpha value is 0.0200. The molecule has 0 aliphatic carbocycles. The van der Waals surface area contributed by atoms with Crippen LogP contribution >= 0.6 is 8.69 Å². The summed E-state index contributed by atoms with van der Waals surface area (Å²) in [5, 5.41) is 0. The van der Waals surface area contributed by atoms with E-state index >= 15 is 0 Å². The first-order valence-electron chi connectivity index (χ1n) is 2.17. The Morgan fingerprint density at radius 2 is 2.57 bits per heavy atom. The third-order valence-corrected chi connectivity index (χ3v) is 0.694. The summed E-state index contributed by atoms with van der Waals surface area (Å²) in [5.74, 6) is 0. The fourth-order valence-electron chi connectivity index (χ4n) is 0.183. The Labute approximate surface area is 44.3 Å². The Morgan fingerprint density at radius 1 is 1.86 bits per heavy atom. The van der Waals surface area contributed by atoms with Crippen LogP contribution in [0, 0.1) is 0 Å². The lowest BCUT2D eigenvalue weighted by Crippen LogP contribution is -2.08. The topological polar surface area (TPSA) is 38.3 Å². The molecule has 0 aliphatic heterocycles. The molecule has 42 valence electrons. The smallest absolute Gasteiger partial charge is 0.151 e. The van der Waals surface area contributed by atoms with E-state index in [1.54, 1.807) is 0 Å². The minimum absolute atomic E-state index is 0.693. The first kappa shape index (κ1) is 7.02. The SMILES string of the molecule is CCCNO[PH+]=O. The largest absolute Gasteiger partial charge is 0.512 e. The standard InChI is InChI=1S/C3H9NO2P/c1-2-3-4-6-7-5/h4,7H,2-3H2,1H3/q+1. The van der Waals surface area contributed by atoms with Gasteiger partial charge in [0.2, 0.25) is 0 Å². The summed E-state index contributed by atoms with van der Waals surface area (Å²) in [7, 11) is -0.693. The molecule has 0 rings (SSSR count). The first-order valence-corrected chi connectivity index (χ1v) is 2.99. The van der Waals surface area contributed by atoms with Crippen molar-refractivity contribution in [3.8, 4) is 0 Å². The molecule has 0 amide bonds. The zero-order valence-electron chi connectivity index (χ0n) is 4.23. The third kappa shape index (κ3) is 6.02. The van der Waals surface area contributed by atoms with Gasteiger partial charge >= 0.3 is 8.69 Å². The van der Waals surface area contributed by atoms with Crippen LogP contribution in [0.5, 0.6) is 0 Å². The number of rotatable bonds is 4. The normalized spacial score (nSPS) is 9.86. The Balaban J connectivity index is 2.56. The molecule has 0 aliphatic rings. The zero-order valence-corrected chi connectivity index (χ0v) is 5.23. The minimum Gasteiger partial charge on any atom is -0.151 e. The van der Waals surface area contributed by atoms with Crippen molar-refractivity contribution < 1.29 is 9.19 Å². The van der Waals surface area contributed by atoms with Gasteiger partial charge in [-0.1, -0.05) is 11.5 Å². The average Bonchev–Trinajstić information content (AvgIpc) is 1.69. The summed E-state index contributed by atoms with van der Waals surface area (Å²) < 4.78 is 13.8. The van der Waals surface area contributed by atoms with Gasteiger partial charge in [0.05, 0.1) is 0 Å². The maximum absolute atomic E-state index is 9.55. The van der Waals surface area contributed by atoms with Crippen molar-refractivity contribution in [1.82, 2.24) is 5.48 Å². The van der Waals surface area contributed by atoms with Crippen LogP contribution in [0.25, 0.3) is 0 Å². The summed E-state index contributed by atoms with van der Waals surface area (Å²) in [6.45, 7) is 2.76. The van der Waals surface area contributed by atoms with E-state index in [0.717, 1.165) is 13.0 Å². The second kappa shape index (κ2) is 6.02. The van der Waals surface area contributed by atoms with E-state index in [1.165, 1.54) is 0 Å². The molecule has 7 heavy (non-hydrogen) atoms. The van der Waals surface area contributed by atoms with E-state index < -0.39 is 8.69 Å². The maximum atomic E-state index is 9.55. The molecular weight excluding hydrogens is 113 g/mol. The van der Waals surface area contributed by atoms with Gasteiger partial charge in [-0.15, -0.1) is 0 Å². The van der Waals surface area contributed by atoms with Gasteiger partial charge in [0.15, 0.2) is 0 Å². The highest BCUT2D eigenvalue weighted by Crippen LogP contribution is 1.86. The van der Waals surface area contributed by atoms with Gasteiger partial charge in [-0.25, -0.2) is 0 Å². The highest BCUT2D eigenvalue weighted by Gasteiger charge is 1.84. The number of hydroxylamine groups is 1. The second-order valence-corrected chi connectivity index (χ2v) is 1.45. The first-order chi connectivity index (χ1) is 3.41. The van der Waals surface area contributed by atoms with E-state index in [0.29, 0.717) is 0 Å². The van der Waals surface area contributed by atoms with Crippen molar-refractivity contribution >= 4 is 8.69 Å². The van der Waals surface area contributed by atoms with Crippen LogP contribution in [0.4, 0.5) is 0 Å². The quantitative estimate of drug-likeness (QED) is 0.341. The number of nitrogens with one attached hydrogen (secondary N) is 1. The summed E-state index contributed by atoms with van der Waals surface area (Å²) in [6.07, 6.45) is 0.991. The summed E-state index contributed by atoms with van der Waals surface area (Å²) in [4.78, 5) is 0. The molecule has 3 nitrogen and oxygen atoms in total. The van der Waals surface area contributed by atoms with E-state index in [2.05, 4.69) is 10.1 Å². The lowest BCUT2D eigenvalue weighted by Gasteiger charge is -1.85. The van der Waals surface area contributed by atoms with Crippen LogP contribution in [0.3, 0.4) is 0 Å². The summed E-state index contributed by atoms with van der Waals surface area (Å²) >= 11 is 0. The fraction of sp³-hybridized carbons (Fsp3) is 1.00. The molecule has 0 aromatic heterocycles. The van der Waals surface area contributed by atoms with Crippen LogP contribution in [0.2, 0.25) is 0 Å². The molecule has 0 spiro atoms. The molecule has 4 heteroatoms. The molecule has 0 bridgehead atoms. The van der Waals surface area contributed by atoms with Crippen LogP contribution < -0.4 is 5.48 Å². The zero-order chi connectivity index (χ0) is 5.54. The predicted molar refractivity (Wildman–Crippen MR) is 28.4 cm³/mol. The monoisotopic (exact) mass is 122 g/mol. The van der Waals surface area contributed by atoms with Gasteiger partial charge in [0, 0.05) is 6.54 Å². The summed E-state index contributed by atoms with van der Waals surface area (Å²) in [5.41, 5.74) is 2.48. The lowest BCUT2D eigenvalue weighted by molar-refractivity contribution is 0.220. The average molecular weight is 122 g/mol. The van der Waals surface area contributed by atoms with Crippen LogP contribution in [-0.4, -0.2) is 6.54 Å². The Morgan fingerprint density at radius 3 is 3.00 bits per heavy atom. The van der Waals surface area contributed by atoms with E-state index in [1.807, 2.05) is 6.92 Å². The molecule has 0 radical (unpaired) electrons. The maximum Gasteiger partial charge on any atom is 0.512 e. The molecule has 1 unspecified atom stereocenters. The fourth-order valence-corrected chi connectivity index (χ4v) is 0.344. The van der Waals surface area contributed by atoms with E-state index in [9.17, 15) is 4.57 Å². The third-order valence-electron chi connectivity index (χ3n) is 0.466. The highest BCUT2D eigenvalue weighted by atomic mass is 31.1. The molecule has 0 saturated heterocycles. The summed E-state index contributed by atoms with van der Waals surface area (Å²) in [6, 6.07) is 0. The van der Waals surface area contributed by atoms with Crippen LogP contribution in [0.15, 0.2) is 0 Å². The van der Waals surface area contributed by atoms with Crippen LogP contribution in [0.1, 0.15) is 13.3 Å². The van der Waals surface area contributed by atoms with Crippen LogP contribution in [-0.2, 0) is 9.19 Å². The molecule has 0 aromatic carbocycles. The molecule has 0 fully saturated rings. The lowest BCUT2D eigenvalue weighted by atomic mass is 10.5. The Bertz CT molecular complexity index is 50.2. The second-order valence-electron chi connectivity index (χ2n) is 1.08. The van der Waals surface area contributed by atoms with Crippen molar-refractivity contribution in [2.75, 3.05) is 6.54 Å². The molecular formula is C3H9NO2P+. The van der Waals surface area contributed by atoms with Gasteiger partial charge in [-0.05, 0) is 11.0 Å². The van der Waals surface area contributed by atoms with Crippen molar-refractivity contribution in [3.05, 3.63) is 0 Å². The predicted octanol–water partition coefficient (Wildman–Crippen LogP) is 0.857. The molecule has 1 N–H and O–H groups in total. The van der Waals surface area contributed by atoms with Gasteiger partial charge in [0.25, 0.3) is 0 Å². The minimum atomic E-state index is -0.693. The number of hydrogen-bond acceptors (Lipinski definition) is 3. The van der Waals surface area contributed by atoms with Gasteiger partial charge in [-0.3, -0.25) is 0 Å². The molecule has 0 heterocycles. The van der Waals surface area contributed by atoms with Gasteiger partial charge < -0.3 is 0 Å². The van der Waals surface area contributed by atoms with Crippen molar-refractivity contribution in [1.29, 1.82) is 0 Å². The highest BCUT2D eigenvalue weighted by molar-refractivity contribution is 7.17. The van der Waals surface area contributed by atoms with Gasteiger partial charge in [-0.2, -0.15) is 5.48 Å². The van der Waals surface area contributed by atoms with Crippen molar-refractivity contribution in [2.45, 2.75) is 13.3 Å².